The molecule has 0 saturated carbocycles. The first-order chi connectivity index (χ1) is 17.6. The molecule has 2 fully saturated rings. The molecule has 37 heavy (non-hydrogen) atoms. The summed E-state index contributed by atoms with van der Waals surface area (Å²) in [7, 11) is -1.77. The lowest BCUT2D eigenvalue weighted by atomic mass is 10.1. The highest BCUT2D eigenvalue weighted by molar-refractivity contribution is 7.51. The predicted molar refractivity (Wildman–Crippen MR) is 129 cm³/mol. The molecule has 3 heterocycles. The predicted octanol–water partition coefficient (Wildman–Crippen LogP) is 2.25. The van der Waals surface area contributed by atoms with E-state index < -0.39 is 62.7 Å². The first kappa shape index (κ1) is 27.2. The normalized spacial score (nSPS) is 26.6. The number of halogens is 1. The van der Waals surface area contributed by atoms with Crippen molar-refractivity contribution in [2.24, 2.45) is 5.92 Å². The third-order valence-corrected chi connectivity index (χ3v) is 8.06. The minimum Gasteiger partial charge on any atom is -0.468 e. The molecule has 14 heteroatoms. The molecular formula is C23H30FN4O8P. The number of alkyl halides is 1. The van der Waals surface area contributed by atoms with Crippen LogP contribution in [0.3, 0.4) is 0 Å². The van der Waals surface area contributed by atoms with Gasteiger partial charge >= 0.3 is 19.7 Å². The van der Waals surface area contributed by atoms with E-state index in [0.29, 0.717) is 0 Å². The monoisotopic (exact) mass is 540 g/mol. The molecule has 2 aliphatic heterocycles. The van der Waals surface area contributed by atoms with Gasteiger partial charge in [-0.3, -0.25) is 24.3 Å². The number of aromatic nitrogens is 1. The Kier molecular flexibility index (Phi) is 8.29. The van der Waals surface area contributed by atoms with E-state index in [2.05, 4.69) is 15.4 Å². The summed E-state index contributed by atoms with van der Waals surface area (Å²) >= 11 is 0. The van der Waals surface area contributed by atoms with Crippen LogP contribution >= 0.6 is 7.75 Å². The molecule has 3 amide bonds. The van der Waals surface area contributed by atoms with E-state index in [1.807, 2.05) is 24.3 Å². The van der Waals surface area contributed by atoms with Gasteiger partial charge < -0.3 is 19.0 Å². The number of aromatic amines is 1. The van der Waals surface area contributed by atoms with E-state index in [1.54, 1.807) is 13.1 Å². The largest absolute Gasteiger partial charge is 0.468 e. The summed E-state index contributed by atoms with van der Waals surface area (Å²) in [5, 5.41) is 5.69. The Hall–Kier alpha value is -2.83. The summed E-state index contributed by atoms with van der Waals surface area (Å²) < 4.78 is 49.1. The average molecular weight is 540 g/mol. The molecule has 4 rings (SSSR count). The third-order valence-electron chi connectivity index (χ3n) is 6.47. The van der Waals surface area contributed by atoms with E-state index in [1.165, 1.54) is 12.0 Å². The summed E-state index contributed by atoms with van der Waals surface area (Å²) in [6, 6.07) is 5.75. The maximum Gasteiger partial charge on any atom is 0.406 e. The second-order valence-electron chi connectivity index (χ2n) is 8.97. The standard InChI is InChI=1S/C23H30FN4O8P/c1-13-11-28(23(31)26-21(13)29)20-9-16(24)19(36-20)12-35-37(32,34-3)27-18(22(30)33-2)8-14-10-25-17-7-5-4-6-15(14)17/h4-7,10,13,16,18-20,25H,8-9,11-12H2,1-3H3,(H,27,32)(H,26,29,31)/t13?,16-,18-,19+,20+,37?/m0/s1. The number of rotatable bonds is 10. The summed E-state index contributed by atoms with van der Waals surface area (Å²) in [6.45, 7) is 1.26. The highest BCUT2D eigenvalue weighted by atomic mass is 31.2. The Morgan fingerprint density at radius 2 is 2.08 bits per heavy atom. The quantitative estimate of drug-likeness (QED) is 0.305. The number of hydrogen-bond acceptors (Lipinski definition) is 8. The molecule has 12 nitrogen and oxygen atoms in total. The average Bonchev–Trinajstić information content (AvgIpc) is 3.47. The van der Waals surface area contributed by atoms with Crippen LogP contribution in [0, 0.1) is 5.92 Å². The number of benzene rings is 1. The van der Waals surface area contributed by atoms with E-state index >= 15 is 0 Å². The summed E-state index contributed by atoms with van der Waals surface area (Å²) in [5.74, 6) is -1.57. The number of esters is 1. The van der Waals surface area contributed by atoms with E-state index in [0.717, 1.165) is 23.6 Å². The number of carbonyl (C=O) groups excluding carboxylic acids is 3. The SMILES string of the molecule is COC(=O)[C@H](Cc1c[nH]c2ccccc12)NP(=O)(OC)OC[C@H]1O[C@@H](N2CC(C)C(=O)NC2=O)C[C@@H]1F. The first-order valence-corrected chi connectivity index (χ1v) is 13.3. The highest BCUT2D eigenvalue weighted by Crippen LogP contribution is 2.45. The lowest BCUT2D eigenvalue weighted by Crippen LogP contribution is -2.57. The first-order valence-electron chi connectivity index (χ1n) is 11.8. The van der Waals surface area contributed by atoms with Gasteiger partial charge in [0.15, 0.2) is 0 Å². The molecule has 0 aliphatic carbocycles. The smallest absolute Gasteiger partial charge is 0.406 e. The minimum atomic E-state index is -4.11. The summed E-state index contributed by atoms with van der Waals surface area (Å²) in [5.41, 5.74) is 1.65. The van der Waals surface area contributed by atoms with Crippen molar-refractivity contribution in [3.63, 3.8) is 0 Å². The van der Waals surface area contributed by atoms with Crippen LogP contribution in [-0.4, -0.2) is 79.7 Å². The fourth-order valence-corrected chi connectivity index (χ4v) is 5.60. The van der Waals surface area contributed by atoms with Crippen LogP contribution in [0.15, 0.2) is 30.5 Å². The maximum atomic E-state index is 14.8. The van der Waals surface area contributed by atoms with E-state index in [9.17, 15) is 23.3 Å². The van der Waals surface area contributed by atoms with Gasteiger partial charge in [-0.1, -0.05) is 25.1 Å². The number of ether oxygens (including phenoxy) is 2. The Balaban J connectivity index is 1.40. The van der Waals surface area contributed by atoms with Gasteiger partial charge in [-0.15, -0.1) is 0 Å². The van der Waals surface area contributed by atoms with Crippen LogP contribution < -0.4 is 10.4 Å². The van der Waals surface area contributed by atoms with Crippen LogP contribution in [0.2, 0.25) is 0 Å². The number of fused-ring (bicyclic) bond motifs is 1. The van der Waals surface area contributed by atoms with Crippen LogP contribution in [-0.2, 0) is 39.1 Å². The molecule has 202 valence electrons. The van der Waals surface area contributed by atoms with Crippen molar-refractivity contribution >= 4 is 36.6 Å². The fourth-order valence-electron chi connectivity index (χ4n) is 4.39. The van der Waals surface area contributed by atoms with E-state index in [-0.39, 0.29) is 19.4 Å². The number of urea groups is 1. The zero-order valence-corrected chi connectivity index (χ0v) is 21.5. The molecule has 2 aliphatic rings. The number of hydrogen-bond donors (Lipinski definition) is 3. The minimum absolute atomic E-state index is 0.0857. The van der Waals surface area contributed by atoms with Crippen LogP contribution in [0.25, 0.3) is 10.9 Å². The van der Waals surface area contributed by atoms with Gasteiger partial charge in [0.05, 0.1) is 19.6 Å². The number of methoxy groups -OCH3 is 1. The molecule has 0 radical (unpaired) electrons. The molecule has 3 N–H and O–H groups in total. The summed E-state index contributed by atoms with van der Waals surface area (Å²) in [4.78, 5) is 40.7. The summed E-state index contributed by atoms with van der Waals surface area (Å²) in [6.07, 6.45) is -1.88. The van der Waals surface area contributed by atoms with E-state index in [4.69, 9.17) is 18.5 Å². The van der Waals surface area contributed by atoms with Gasteiger partial charge in [0.2, 0.25) is 5.91 Å². The van der Waals surface area contributed by atoms with Crippen LogP contribution in [0.1, 0.15) is 18.9 Å². The van der Waals surface area contributed by atoms with Crippen molar-refractivity contribution in [3.05, 3.63) is 36.0 Å². The Labute approximate surface area is 212 Å². The van der Waals surface area contributed by atoms with Crippen molar-refractivity contribution < 1.29 is 41.9 Å². The number of imide groups is 1. The zero-order chi connectivity index (χ0) is 26.7. The number of H-pyrrole nitrogens is 1. The molecule has 6 atom stereocenters. The second kappa shape index (κ2) is 11.3. The molecule has 0 spiro atoms. The lowest BCUT2D eigenvalue weighted by molar-refractivity contribution is -0.142. The highest BCUT2D eigenvalue weighted by Gasteiger charge is 2.44. The van der Waals surface area contributed by atoms with Gasteiger partial charge in [0.25, 0.3) is 0 Å². The number of carbonyl (C=O) groups is 3. The van der Waals surface area contributed by atoms with Crippen molar-refractivity contribution in [1.82, 2.24) is 20.3 Å². The van der Waals surface area contributed by atoms with Crippen LogP contribution in [0.5, 0.6) is 0 Å². The Morgan fingerprint density at radius 1 is 1.32 bits per heavy atom. The second-order valence-corrected chi connectivity index (χ2v) is 10.8. The lowest BCUT2D eigenvalue weighted by Gasteiger charge is -2.34. The van der Waals surface area contributed by atoms with Crippen molar-refractivity contribution in [3.8, 4) is 0 Å². The molecule has 2 aromatic rings. The van der Waals surface area contributed by atoms with Gasteiger partial charge in [0.1, 0.15) is 24.5 Å². The number of para-hydroxylation sites is 1. The van der Waals surface area contributed by atoms with Gasteiger partial charge in [-0.25, -0.2) is 18.8 Å². The third kappa shape index (κ3) is 6.02. The molecular weight excluding hydrogens is 510 g/mol. The zero-order valence-electron chi connectivity index (χ0n) is 20.6. The van der Waals surface area contributed by atoms with Crippen LogP contribution in [0.4, 0.5) is 9.18 Å². The molecule has 0 bridgehead atoms. The van der Waals surface area contributed by atoms with Crippen molar-refractivity contribution in [2.75, 3.05) is 27.4 Å². The molecule has 2 unspecified atom stereocenters. The van der Waals surface area contributed by atoms with Gasteiger partial charge in [0, 0.05) is 43.6 Å². The van der Waals surface area contributed by atoms with Crippen molar-refractivity contribution in [1.29, 1.82) is 0 Å². The topological polar surface area (TPSA) is 148 Å². The fraction of sp³-hybridized carbons (Fsp3) is 0.522. The number of nitrogens with zero attached hydrogens (tertiary/aromatic N) is 1. The Bertz CT molecular complexity index is 1210. The van der Waals surface area contributed by atoms with Gasteiger partial charge in [-0.2, -0.15) is 0 Å². The maximum absolute atomic E-state index is 14.8. The number of amides is 3. The molecule has 1 aromatic heterocycles. The Morgan fingerprint density at radius 3 is 2.81 bits per heavy atom. The molecule has 2 saturated heterocycles. The molecule has 1 aromatic carbocycles. The van der Waals surface area contributed by atoms with Crippen molar-refractivity contribution in [2.45, 2.75) is 44.3 Å². The number of nitrogens with one attached hydrogen (secondary N) is 3. The van der Waals surface area contributed by atoms with Gasteiger partial charge in [-0.05, 0) is 11.6 Å².